The van der Waals surface area contributed by atoms with Gasteiger partial charge in [0.25, 0.3) is 5.92 Å². The molecule has 0 bridgehead atoms. The van der Waals surface area contributed by atoms with Crippen LogP contribution >= 0.6 is 0 Å². The van der Waals surface area contributed by atoms with Gasteiger partial charge < -0.3 is 15.3 Å². The Morgan fingerprint density at radius 2 is 1.69 bits per heavy atom. The zero-order chi connectivity index (χ0) is 18.3. The van der Waals surface area contributed by atoms with Crippen molar-refractivity contribution in [2.45, 2.75) is 31.5 Å². The molecule has 1 fully saturated rings. The largest absolute Gasteiger partial charge is 0.374 e. The van der Waals surface area contributed by atoms with Crippen molar-refractivity contribution in [2.75, 3.05) is 30.4 Å². The number of alkyl halides is 2. The third-order valence-electron chi connectivity index (χ3n) is 5.27. The third-order valence-corrected chi connectivity index (χ3v) is 5.27. The molecule has 1 atom stereocenters. The van der Waals surface area contributed by atoms with Crippen molar-refractivity contribution in [1.29, 1.82) is 0 Å². The molecule has 0 spiro atoms. The highest BCUT2D eigenvalue weighted by Gasteiger charge is 2.34. The average molecular weight is 359 g/mol. The van der Waals surface area contributed by atoms with Crippen molar-refractivity contribution >= 4 is 17.1 Å². The van der Waals surface area contributed by atoms with Crippen LogP contribution in [0.3, 0.4) is 0 Å². The number of anilines is 3. The van der Waals surface area contributed by atoms with Gasteiger partial charge in [-0.15, -0.1) is 0 Å². The van der Waals surface area contributed by atoms with Crippen LogP contribution in [0.4, 0.5) is 25.8 Å². The van der Waals surface area contributed by atoms with Crippen LogP contribution in [-0.2, 0) is 6.54 Å². The van der Waals surface area contributed by atoms with Crippen LogP contribution in [-0.4, -0.2) is 36.1 Å². The molecule has 0 radical (unpaired) electrons. The molecular formula is C20H23F2N3O. The van der Waals surface area contributed by atoms with Gasteiger partial charge in [-0.25, -0.2) is 8.78 Å². The van der Waals surface area contributed by atoms with Gasteiger partial charge in [0.05, 0.1) is 0 Å². The predicted octanol–water partition coefficient (Wildman–Crippen LogP) is 4.10. The summed E-state index contributed by atoms with van der Waals surface area (Å²) in [6.07, 6.45) is -0.694. The van der Waals surface area contributed by atoms with E-state index in [2.05, 4.69) is 11.4 Å². The summed E-state index contributed by atoms with van der Waals surface area (Å²) in [6, 6.07) is 13.8. The number of nitrogens with zero attached hydrogens (tertiary/aromatic N) is 2. The Morgan fingerprint density at radius 1 is 1.04 bits per heavy atom. The first-order valence-electron chi connectivity index (χ1n) is 8.92. The van der Waals surface area contributed by atoms with E-state index in [1.807, 2.05) is 53.2 Å². The maximum Gasteiger partial charge on any atom is 0.251 e. The van der Waals surface area contributed by atoms with Gasteiger partial charge in [-0.1, -0.05) is 6.07 Å². The zero-order valence-electron chi connectivity index (χ0n) is 14.8. The lowest BCUT2D eigenvalue weighted by molar-refractivity contribution is -0.0220. The van der Waals surface area contributed by atoms with E-state index in [-0.39, 0.29) is 12.8 Å². The minimum Gasteiger partial charge on any atom is -0.374 e. The van der Waals surface area contributed by atoms with Crippen molar-refractivity contribution in [3.63, 3.8) is 0 Å². The Kier molecular flexibility index (Phi) is 4.32. The van der Waals surface area contributed by atoms with E-state index in [1.54, 1.807) is 0 Å². The summed E-state index contributed by atoms with van der Waals surface area (Å²) in [5, 5.41) is 13.4. The molecule has 2 aliphatic rings. The maximum absolute atomic E-state index is 13.3. The lowest BCUT2D eigenvalue weighted by Gasteiger charge is -2.33. The molecule has 138 valence electrons. The molecule has 0 aromatic heterocycles. The fraction of sp³-hybridized carbons (Fsp3) is 0.400. The van der Waals surface area contributed by atoms with Crippen molar-refractivity contribution < 1.29 is 13.9 Å². The highest BCUT2D eigenvalue weighted by atomic mass is 19.3. The second-order valence-electron chi connectivity index (χ2n) is 7.22. The lowest BCUT2D eigenvalue weighted by Crippen LogP contribution is -2.39. The molecular weight excluding hydrogens is 336 g/mol. The molecule has 2 aliphatic heterocycles. The maximum atomic E-state index is 13.3. The summed E-state index contributed by atoms with van der Waals surface area (Å²) in [7, 11) is 1.90. The van der Waals surface area contributed by atoms with Crippen LogP contribution in [0.1, 0.15) is 30.2 Å². The van der Waals surface area contributed by atoms with Crippen LogP contribution in [0.2, 0.25) is 0 Å². The smallest absolute Gasteiger partial charge is 0.251 e. The van der Waals surface area contributed by atoms with Gasteiger partial charge in [-0.05, 0) is 54.6 Å². The number of rotatable bonds is 3. The number of hydrogen-bond acceptors (Lipinski definition) is 4. The summed E-state index contributed by atoms with van der Waals surface area (Å²) in [6.45, 7) is 1.51. The van der Waals surface area contributed by atoms with E-state index in [4.69, 9.17) is 0 Å². The van der Waals surface area contributed by atoms with E-state index >= 15 is 0 Å². The van der Waals surface area contributed by atoms with Crippen LogP contribution in [0.15, 0.2) is 42.5 Å². The molecule has 0 saturated carbocycles. The van der Waals surface area contributed by atoms with Crippen molar-refractivity contribution in [2.24, 2.45) is 0 Å². The quantitative estimate of drug-likeness (QED) is 0.865. The average Bonchev–Trinajstić information content (AvgIpc) is 2.90. The number of aliphatic hydroxyl groups excluding tert-OH is 1. The Morgan fingerprint density at radius 3 is 2.38 bits per heavy atom. The van der Waals surface area contributed by atoms with Gasteiger partial charge in [0, 0.05) is 49.5 Å². The molecule has 1 saturated heterocycles. The Hall–Kier alpha value is -2.18. The highest BCUT2D eigenvalue weighted by Crippen LogP contribution is 2.34. The molecule has 1 unspecified atom stereocenters. The summed E-state index contributed by atoms with van der Waals surface area (Å²) < 4.78 is 26.6. The zero-order valence-corrected chi connectivity index (χ0v) is 14.8. The predicted molar refractivity (Wildman–Crippen MR) is 99.0 cm³/mol. The second kappa shape index (κ2) is 6.52. The van der Waals surface area contributed by atoms with Gasteiger partial charge in [-0.3, -0.25) is 4.90 Å². The molecule has 2 heterocycles. The number of halogens is 2. The standard InChI is InChI=1S/C20H23F2N3O/c1-24-13-14-12-16(4-7-18(14)19(24)26)23-15-2-5-17(6-3-15)25-10-8-20(21,22)9-11-25/h2-7,12,19,23,26H,8-11,13H2,1H3. The van der Waals surface area contributed by atoms with Gasteiger partial charge in [0.2, 0.25) is 0 Å². The van der Waals surface area contributed by atoms with Crippen molar-refractivity contribution in [3.05, 3.63) is 53.6 Å². The first-order valence-corrected chi connectivity index (χ1v) is 8.92. The number of hydrogen-bond donors (Lipinski definition) is 2. The van der Waals surface area contributed by atoms with Crippen molar-refractivity contribution in [3.8, 4) is 0 Å². The van der Waals surface area contributed by atoms with E-state index in [9.17, 15) is 13.9 Å². The summed E-state index contributed by atoms with van der Waals surface area (Å²) in [5.74, 6) is -2.52. The first-order chi connectivity index (χ1) is 12.4. The van der Waals surface area contributed by atoms with E-state index in [0.717, 1.165) is 34.7 Å². The molecule has 4 nitrogen and oxygen atoms in total. The van der Waals surface area contributed by atoms with Gasteiger partial charge in [0.1, 0.15) is 6.23 Å². The Balaban J connectivity index is 1.43. The fourth-order valence-electron chi connectivity index (χ4n) is 3.68. The number of aliphatic hydroxyl groups is 1. The minimum absolute atomic E-state index is 0.0809. The molecule has 6 heteroatoms. The Labute approximate surface area is 152 Å². The van der Waals surface area contributed by atoms with Crippen molar-refractivity contribution in [1.82, 2.24) is 4.90 Å². The molecule has 2 aromatic carbocycles. The molecule has 2 aromatic rings. The normalized spacial score (nSPS) is 22.3. The SMILES string of the molecule is CN1Cc2cc(Nc3ccc(N4CCC(F)(F)CC4)cc3)ccc2C1O. The first kappa shape index (κ1) is 17.2. The summed E-state index contributed by atoms with van der Waals surface area (Å²) >= 11 is 0. The number of nitrogens with one attached hydrogen (secondary N) is 1. The number of benzene rings is 2. The number of fused-ring (bicyclic) bond motifs is 1. The van der Waals surface area contributed by atoms with Gasteiger partial charge in [0.15, 0.2) is 0 Å². The highest BCUT2D eigenvalue weighted by molar-refractivity contribution is 5.64. The molecule has 26 heavy (non-hydrogen) atoms. The minimum atomic E-state index is -2.52. The summed E-state index contributed by atoms with van der Waals surface area (Å²) in [5.41, 5.74) is 4.97. The van der Waals surface area contributed by atoms with E-state index in [0.29, 0.717) is 13.1 Å². The van der Waals surface area contributed by atoms with E-state index < -0.39 is 12.2 Å². The second-order valence-corrected chi connectivity index (χ2v) is 7.22. The molecule has 0 amide bonds. The van der Waals surface area contributed by atoms with Gasteiger partial charge in [-0.2, -0.15) is 0 Å². The monoisotopic (exact) mass is 359 g/mol. The molecule has 4 rings (SSSR count). The summed E-state index contributed by atoms with van der Waals surface area (Å²) in [4.78, 5) is 3.90. The van der Waals surface area contributed by atoms with Crippen LogP contribution < -0.4 is 10.2 Å². The molecule has 2 N–H and O–H groups in total. The van der Waals surface area contributed by atoms with Crippen LogP contribution in [0, 0.1) is 0 Å². The third kappa shape index (κ3) is 3.39. The Bertz CT molecular complexity index is 784. The van der Waals surface area contributed by atoms with E-state index in [1.165, 1.54) is 0 Å². The van der Waals surface area contributed by atoms with Gasteiger partial charge >= 0.3 is 0 Å². The molecule has 0 aliphatic carbocycles. The fourth-order valence-corrected chi connectivity index (χ4v) is 3.68. The lowest BCUT2D eigenvalue weighted by atomic mass is 10.1. The van der Waals surface area contributed by atoms with Crippen LogP contribution in [0.5, 0.6) is 0 Å². The topological polar surface area (TPSA) is 38.7 Å². The number of piperidine rings is 1. The van der Waals surface area contributed by atoms with Crippen LogP contribution in [0.25, 0.3) is 0 Å².